The third kappa shape index (κ3) is 5.65. The van der Waals surface area contributed by atoms with E-state index in [-0.39, 0.29) is 10.6 Å². The van der Waals surface area contributed by atoms with Crippen molar-refractivity contribution in [3.8, 4) is 5.75 Å². The van der Waals surface area contributed by atoms with Crippen LogP contribution in [0.25, 0.3) is 0 Å². The number of anilines is 1. The van der Waals surface area contributed by atoms with Gasteiger partial charge < -0.3 is 10.1 Å². The summed E-state index contributed by atoms with van der Waals surface area (Å²) in [7, 11) is -3.91. The van der Waals surface area contributed by atoms with Gasteiger partial charge >= 0.3 is 6.61 Å². The summed E-state index contributed by atoms with van der Waals surface area (Å²) in [6.45, 7) is -1.57. The quantitative estimate of drug-likeness (QED) is 0.742. The lowest BCUT2D eigenvalue weighted by Gasteiger charge is -2.15. The number of carbonyl (C=O) groups excluding carboxylic acids is 1. The number of benzene rings is 2. The lowest BCUT2D eigenvalue weighted by atomic mass is 10.2. The van der Waals surface area contributed by atoms with Crippen LogP contribution in [0.2, 0.25) is 5.02 Å². The van der Waals surface area contributed by atoms with Crippen molar-refractivity contribution in [2.24, 2.45) is 0 Å². The number of sulfonamides is 1. The summed E-state index contributed by atoms with van der Waals surface area (Å²) in [6.07, 6.45) is 0. The Morgan fingerprint density at radius 2 is 1.65 bits per heavy atom. The molecule has 26 heavy (non-hydrogen) atoms. The van der Waals surface area contributed by atoms with E-state index < -0.39 is 28.6 Å². The van der Waals surface area contributed by atoms with E-state index in [1.165, 1.54) is 55.5 Å². The van der Waals surface area contributed by atoms with Gasteiger partial charge in [0.15, 0.2) is 0 Å². The first-order valence-electron chi connectivity index (χ1n) is 7.31. The van der Waals surface area contributed by atoms with Crippen LogP contribution >= 0.6 is 11.6 Å². The summed E-state index contributed by atoms with van der Waals surface area (Å²) in [4.78, 5) is 12.1. The molecule has 2 N–H and O–H groups in total. The largest absolute Gasteiger partial charge is 0.435 e. The topological polar surface area (TPSA) is 84.5 Å². The van der Waals surface area contributed by atoms with E-state index in [9.17, 15) is 22.0 Å². The second-order valence-corrected chi connectivity index (χ2v) is 7.34. The van der Waals surface area contributed by atoms with Crippen molar-refractivity contribution >= 4 is 33.2 Å². The van der Waals surface area contributed by atoms with Gasteiger partial charge in [-0.25, -0.2) is 8.42 Å². The minimum atomic E-state index is -3.91. The number of nitrogens with one attached hydrogen (secondary N) is 2. The molecule has 0 aliphatic rings. The summed E-state index contributed by atoms with van der Waals surface area (Å²) >= 11 is 5.72. The van der Waals surface area contributed by atoms with Gasteiger partial charge in [0.25, 0.3) is 0 Å². The fourth-order valence-corrected chi connectivity index (χ4v) is 3.27. The van der Waals surface area contributed by atoms with Crippen molar-refractivity contribution in [2.75, 3.05) is 5.32 Å². The molecule has 0 saturated carbocycles. The Bertz CT molecular complexity index is 859. The molecule has 6 nitrogen and oxygen atoms in total. The van der Waals surface area contributed by atoms with E-state index in [2.05, 4.69) is 14.8 Å². The van der Waals surface area contributed by atoms with E-state index in [4.69, 9.17) is 11.6 Å². The van der Waals surface area contributed by atoms with Gasteiger partial charge in [0, 0.05) is 10.7 Å². The molecule has 0 bridgehead atoms. The van der Waals surface area contributed by atoms with Crippen molar-refractivity contribution in [3.63, 3.8) is 0 Å². The molecule has 1 amide bonds. The highest BCUT2D eigenvalue weighted by atomic mass is 35.5. The molecular weight excluding hydrogens is 390 g/mol. The molecule has 0 radical (unpaired) electrons. The highest BCUT2D eigenvalue weighted by Gasteiger charge is 2.22. The van der Waals surface area contributed by atoms with Gasteiger partial charge in [0.05, 0.1) is 10.9 Å². The molecule has 0 heterocycles. The fraction of sp³-hybridized carbons (Fsp3) is 0.188. The van der Waals surface area contributed by atoms with Crippen molar-refractivity contribution in [1.29, 1.82) is 0 Å². The Kier molecular flexibility index (Phi) is 6.52. The van der Waals surface area contributed by atoms with Gasteiger partial charge in [0.2, 0.25) is 15.9 Å². The fourth-order valence-electron chi connectivity index (χ4n) is 1.94. The average Bonchev–Trinajstić information content (AvgIpc) is 2.56. The van der Waals surface area contributed by atoms with Crippen LogP contribution in [0.3, 0.4) is 0 Å². The van der Waals surface area contributed by atoms with Crippen LogP contribution in [-0.4, -0.2) is 27.0 Å². The highest BCUT2D eigenvalue weighted by molar-refractivity contribution is 7.89. The third-order valence-electron chi connectivity index (χ3n) is 3.20. The normalized spacial score (nSPS) is 12.7. The maximum Gasteiger partial charge on any atom is 0.387 e. The molecule has 0 saturated heterocycles. The molecule has 0 aromatic heterocycles. The number of hydrogen-bond donors (Lipinski definition) is 2. The number of rotatable bonds is 7. The molecule has 2 aromatic rings. The minimum absolute atomic E-state index is 0.0324. The molecular formula is C16H15ClF2N2O4S. The second kappa shape index (κ2) is 8.43. The third-order valence-corrected chi connectivity index (χ3v) is 5.00. The Balaban J connectivity index is 1.99. The molecule has 0 spiro atoms. The molecule has 0 fully saturated rings. The van der Waals surface area contributed by atoms with E-state index >= 15 is 0 Å². The van der Waals surface area contributed by atoms with Crippen LogP contribution < -0.4 is 14.8 Å². The van der Waals surface area contributed by atoms with Crippen molar-refractivity contribution in [1.82, 2.24) is 4.72 Å². The van der Waals surface area contributed by atoms with Gasteiger partial charge in [-0.2, -0.15) is 13.5 Å². The molecule has 140 valence electrons. The predicted octanol–water partition coefficient (Wildman–Crippen LogP) is 3.25. The molecule has 10 heteroatoms. The Hall–Kier alpha value is -2.23. The lowest BCUT2D eigenvalue weighted by molar-refractivity contribution is -0.117. The first-order valence-corrected chi connectivity index (χ1v) is 9.17. The van der Waals surface area contributed by atoms with Gasteiger partial charge in [-0.1, -0.05) is 11.6 Å². The zero-order valence-corrected chi connectivity index (χ0v) is 15.0. The van der Waals surface area contributed by atoms with E-state index in [0.717, 1.165) is 0 Å². The van der Waals surface area contributed by atoms with Crippen LogP contribution in [-0.2, 0) is 14.8 Å². The summed E-state index contributed by atoms with van der Waals surface area (Å²) < 4.78 is 55.1. The van der Waals surface area contributed by atoms with Crippen molar-refractivity contribution in [2.45, 2.75) is 24.5 Å². The number of alkyl halides is 2. The summed E-state index contributed by atoms with van der Waals surface area (Å²) in [5.74, 6) is -0.681. The Morgan fingerprint density at radius 1 is 1.08 bits per heavy atom. The summed E-state index contributed by atoms with van der Waals surface area (Å²) in [6, 6.07) is 9.62. The maximum absolute atomic E-state index is 12.2. The zero-order chi connectivity index (χ0) is 19.3. The second-order valence-electron chi connectivity index (χ2n) is 5.19. The van der Waals surface area contributed by atoms with Crippen LogP contribution in [0.5, 0.6) is 5.75 Å². The standard InChI is InChI=1S/C16H15ClF2N2O4S/c1-10(21-26(23,24)14-8-2-11(17)3-9-14)15(22)20-12-4-6-13(7-5-12)25-16(18)19/h2-10,16,21H,1H3,(H,20,22)/t10-/m1/s1. The summed E-state index contributed by atoms with van der Waals surface area (Å²) in [5.41, 5.74) is 0.300. The SMILES string of the molecule is C[C@@H](NS(=O)(=O)c1ccc(Cl)cc1)C(=O)Nc1ccc(OC(F)F)cc1. The van der Waals surface area contributed by atoms with E-state index in [1.54, 1.807) is 0 Å². The van der Waals surface area contributed by atoms with E-state index in [0.29, 0.717) is 10.7 Å². The van der Waals surface area contributed by atoms with Gasteiger partial charge in [-0.15, -0.1) is 0 Å². The Morgan fingerprint density at radius 3 is 2.19 bits per heavy atom. The molecule has 2 aromatic carbocycles. The molecule has 0 unspecified atom stereocenters. The van der Waals surface area contributed by atoms with Crippen LogP contribution in [0, 0.1) is 0 Å². The maximum atomic E-state index is 12.2. The smallest absolute Gasteiger partial charge is 0.387 e. The molecule has 0 aliphatic carbocycles. The van der Waals surface area contributed by atoms with E-state index in [1.807, 2.05) is 0 Å². The van der Waals surface area contributed by atoms with Crippen molar-refractivity contribution in [3.05, 3.63) is 53.6 Å². The van der Waals surface area contributed by atoms with Gasteiger partial charge in [-0.3, -0.25) is 4.79 Å². The number of ether oxygens (including phenoxy) is 1. The minimum Gasteiger partial charge on any atom is -0.435 e. The molecule has 2 rings (SSSR count). The number of carbonyl (C=O) groups is 1. The predicted molar refractivity (Wildman–Crippen MR) is 92.9 cm³/mol. The Labute approximate surface area is 154 Å². The molecule has 1 atom stereocenters. The van der Waals surface area contributed by atoms with Gasteiger partial charge in [0.1, 0.15) is 5.75 Å². The molecule has 0 aliphatic heterocycles. The van der Waals surface area contributed by atoms with Crippen molar-refractivity contribution < 1.29 is 26.7 Å². The van der Waals surface area contributed by atoms with Crippen LogP contribution in [0.15, 0.2) is 53.4 Å². The lowest BCUT2D eigenvalue weighted by Crippen LogP contribution is -2.41. The summed E-state index contributed by atoms with van der Waals surface area (Å²) in [5, 5.41) is 2.86. The number of amides is 1. The number of halogens is 3. The van der Waals surface area contributed by atoms with Gasteiger partial charge in [-0.05, 0) is 55.5 Å². The first-order chi connectivity index (χ1) is 12.2. The average molecular weight is 405 g/mol. The highest BCUT2D eigenvalue weighted by Crippen LogP contribution is 2.18. The van der Waals surface area contributed by atoms with Crippen LogP contribution in [0.4, 0.5) is 14.5 Å². The zero-order valence-electron chi connectivity index (χ0n) is 13.4. The first kappa shape index (κ1) is 20.1. The number of hydrogen-bond acceptors (Lipinski definition) is 4. The van der Waals surface area contributed by atoms with Crippen LogP contribution in [0.1, 0.15) is 6.92 Å². The monoisotopic (exact) mass is 404 g/mol.